The molecule has 0 spiro atoms. The average Bonchev–Trinajstić information content (AvgIpc) is 3.42. The maximum atomic E-state index is 12.8. The van der Waals surface area contributed by atoms with Crippen LogP contribution < -0.4 is 10.6 Å². The van der Waals surface area contributed by atoms with Gasteiger partial charge in [0.1, 0.15) is 23.9 Å². The van der Waals surface area contributed by atoms with E-state index in [1.807, 2.05) is 7.05 Å². The Morgan fingerprint density at radius 1 is 1.34 bits per heavy atom. The summed E-state index contributed by atoms with van der Waals surface area (Å²) in [5.41, 5.74) is -0.121. The highest BCUT2D eigenvalue weighted by Gasteiger charge is 2.56. The number of urea groups is 1. The van der Waals surface area contributed by atoms with E-state index in [1.54, 1.807) is 48.1 Å². The topological polar surface area (TPSA) is 96.3 Å². The molecule has 1 aromatic heterocycles. The van der Waals surface area contributed by atoms with Crippen LogP contribution in [0.4, 0.5) is 4.79 Å². The molecule has 1 aliphatic carbocycles. The molecule has 4 rings (SSSR count). The number of amides is 4. The third kappa shape index (κ3) is 3.60. The summed E-state index contributed by atoms with van der Waals surface area (Å²) in [7, 11) is 1.83. The first-order chi connectivity index (χ1) is 13.8. The number of rotatable bonds is 6. The van der Waals surface area contributed by atoms with Crippen molar-refractivity contribution in [3.8, 4) is 0 Å². The predicted octanol–water partition coefficient (Wildman–Crippen LogP) is 2.00. The lowest BCUT2D eigenvalue weighted by atomic mass is 9.96. The van der Waals surface area contributed by atoms with Gasteiger partial charge in [-0.25, -0.2) is 9.78 Å². The Labute approximate surface area is 173 Å². The summed E-state index contributed by atoms with van der Waals surface area (Å²) in [6.45, 7) is 1.38. The number of imidazole rings is 1. The van der Waals surface area contributed by atoms with Crippen LogP contribution in [0, 0.1) is 5.92 Å². The number of benzene rings is 1. The molecule has 2 N–H and O–H groups in total. The fourth-order valence-corrected chi connectivity index (χ4v) is 3.88. The van der Waals surface area contributed by atoms with Gasteiger partial charge in [-0.05, 0) is 43.4 Å². The van der Waals surface area contributed by atoms with Crippen molar-refractivity contribution in [3.63, 3.8) is 0 Å². The molecule has 2 heterocycles. The Morgan fingerprint density at radius 2 is 2.03 bits per heavy atom. The highest BCUT2D eigenvalue weighted by atomic mass is 35.5. The zero-order chi connectivity index (χ0) is 20.8. The Bertz CT molecular complexity index is 969. The fourth-order valence-electron chi connectivity index (χ4n) is 3.75. The molecule has 0 radical (unpaired) electrons. The third-order valence-corrected chi connectivity index (χ3v) is 5.87. The SMILES string of the molecule is Cn1ccnc1[C@H](NC(=O)CN1C(=O)N[C@@](C)(C2CC2)C1=O)c1ccc(Cl)cc1. The van der Waals surface area contributed by atoms with Crippen LogP contribution in [0.5, 0.6) is 0 Å². The molecular weight excluding hydrogens is 394 g/mol. The summed E-state index contributed by atoms with van der Waals surface area (Å²) in [6, 6.07) is 6.00. The molecule has 1 saturated carbocycles. The summed E-state index contributed by atoms with van der Waals surface area (Å²) in [5.74, 6) is -0.0289. The summed E-state index contributed by atoms with van der Waals surface area (Å²) < 4.78 is 1.80. The minimum Gasteiger partial charge on any atom is -0.341 e. The van der Waals surface area contributed by atoms with E-state index in [0.717, 1.165) is 23.3 Å². The van der Waals surface area contributed by atoms with E-state index in [4.69, 9.17) is 11.6 Å². The second kappa shape index (κ2) is 7.18. The first kappa shape index (κ1) is 19.4. The van der Waals surface area contributed by atoms with E-state index < -0.39 is 23.5 Å². The van der Waals surface area contributed by atoms with Crippen LogP contribution in [0.25, 0.3) is 0 Å². The van der Waals surface area contributed by atoms with Gasteiger partial charge in [0.15, 0.2) is 0 Å². The molecule has 2 aliphatic rings. The maximum absolute atomic E-state index is 12.8. The standard InChI is InChI=1S/C20H22ClN5O3/c1-20(13-5-6-13)18(28)26(19(29)24-20)11-15(27)23-16(17-22-9-10-25(17)2)12-3-7-14(21)8-4-12/h3-4,7-10,13,16H,5-6,11H2,1-2H3,(H,23,27)(H,24,29)/t16-,20+/m1/s1. The predicted molar refractivity (Wildman–Crippen MR) is 106 cm³/mol. The zero-order valence-electron chi connectivity index (χ0n) is 16.2. The van der Waals surface area contributed by atoms with Crippen molar-refractivity contribution in [1.29, 1.82) is 0 Å². The first-order valence-electron chi connectivity index (χ1n) is 9.46. The smallest absolute Gasteiger partial charge is 0.325 e. The summed E-state index contributed by atoms with van der Waals surface area (Å²) in [5, 5.41) is 6.23. The Balaban J connectivity index is 1.53. The van der Waals surface area contributed by atoms with Crippen LogP contribution in [0.1, 0.15) is 37.2 Å². The number of hydrogen-bond acceptors (Lipinski definition) is 4. The molecule has 152 valence electrons. The number of aryl methyl sites for hydroxylation is 1. The van der Waals surface area contributed by atoms with Crippen LogP contribution >= 0.6 is 11.6 Å². The van der Waals surface area contributed by atoms with E-state index >= 15 is 0 Å². The van der Waals surface area contributed by atoms with Crippen molar-refractivity contribution in [3.05, 3.63) is 53.1 Å². The Kier molecular flexibility index (Phi) is 4.82. The summed E-state index contributed by atoms with van der Waals surface area (Å²) in [6.07, 6.45) is 5.23. The van der Waals surface area contributed by atoms with E-state index in [1.165, 1.54) is 0 Å². The van der Waals surface area contributed by atoms with Crippen molar-refractivity contribution >= 4 is 29.4 Å². The van der Waals surface area contributed by atoms with Crippen LogP contribution in [-0.4, -0.2) is 44.4 Å². The van der Waals surface area contributed by atoms with Gasteiger partial charge in [-0.15, -0.1) is 0 Å². The molecule has 2 atom stereocenters. The van der Waals surface area contributed by atoms with Gasteiger partial charge >= 0.3 is 6.03 Å². The minimum atomic E-state index is -0.910. The molecule has 1 saturated heterocycles. The molecule has 8 nitrogen and oxygen atoms in total. The van der Waals surface area contributed by atoms with Crippen LogP contribution in [-0.2, 0) is 16.6 Å². The minimum absolute atomic E-state index is 0.140. The molecule has 9 heteroatoms. The third-order valence-electron chi connectivity index (χ3n) is 5.62. The molecular formula is C20H22ClN5O3. The number of nitrogens with one attached hydrogen (secondary N) is 2. The molecule has 2 fully saturated rings. The first-order valence-corrected chi connectivity index (χ1v) is 9.83. The number of hydrogen-bond donors (Lipinski definition) is 2. The van der Waals surface area contributed by atoms with Crippen molar-refractivity contribution in [1.82, 2.24) is 25.1 Å². The Morgan fingerprint density at radius 3 is 2.62 bits per heavy atom. The second-order valence-corrected chi connectivity index (χ2v) is 8.18. The average molecular weight is 416 g/mol. The van der Waals surface area contributed by atoms with Crippen molar-refractivity contribution < 1.29 is 14.4 Å². The van der Waals surface area contributed by atoms with Crippen molar-refractivity contribution in [2.24, 2.45) is 13.0 Å². The van der Waals surface area contributed by atoms with Crippen LogP contribution in [0.3, 0.4) is 0 Å². The fraction of sp³-hybridized carbons (Fsp3) is 0.400. The van der Waals surface area contributed by atoms with Crippen LogP contribution in [0.2, 0.25) is 5.02 Å². The highest BCUT2D eigenvalue weighted by Crippen LogP contribution is 2.42. The van der Waals surface area contributed by atoms with E-state index in [-0.39, 0.29) is 18.4 Å². The van der Waals surface area contributed by atoms with E-state index in [9.17, 15) is 14.4 Å². The normalized spacial score (nSPS) is 22.5. The van der Waals surface area contributed by atoms with Gasteiger partial charge in [0, 0.05) is 24.5 Å². The van der Waals surface area contributed by atoms with Crippen molar-refractivity contribution in [2.45, 2.75) is 31.3 Å². The number of nitrogens with zero attached hydrogens (tertiary/aromatic N) is 3. The lowest BCUT2D eigenvalue weighted by Gasteiger charge is -2.22. The molecule has 1 aliphatic heterocycles. The number of imide groups is 1. The lowest BCUT2D eigenvalue weighted by Crippen LogP contribution is -2.47. The number of aromatic nitrogens is 2. The summed E-state index contributed by atoms with van der Waals surface area (Å²) in [4.78, 5) is 43.2. The van der Waals surface area contributed by atoms with Crippen molar-refractivity contribution in [2.75, 3.05) is 6.54 Å². The quantitative estimate of drug-likeness (QED) is 0.705. The molecule has 0 unspecified atom stereocenters. The van der Waals surface area contributed by atoms with Gasteiger partial charge in [-0.1, -0.05) is 23.7 Å². The molecule has 0 bridgehead atoms. The van der Waals surface area contributed by atoms with Gasteiger partial charge in [0.2, 0.25) is 5.91 Å². The number of halogens is 1. The number of carbonyl (C=O) groups is 3. The second-order valence-electron chi connectivity index (χ2n) is 7.75. The largest absolute Gasteiger partial charge is 0.341 e. The highest BCUT2D eigenvalue weighted by molar-refractivity contribution is 6.30. The molecule has 29 heavy (non-hydrogen) atoms. The molecule has 1 aromatic carbocycles. The van der Waals surface area contributed by atoms with E-state index in [0.29, 0.717) is 10.8 Å². The lowest BCUT2D eigenvalue weighted by molar-refractivity contribution is -0.135. The monoisotopic (exact) mass is 415 g/mol. The van der Waals surface area contributed by atoms with Gasteiger partial charge in [-0.2, -0.15) is 0 Å². The zero-order valence-corrected chi connectivity index (χ0v) is 16.9. The van der Waals surface area contributed by atoms with E-state index in [2.05, 4.69) is 15.6 Å². The van der Waals surface area contributed by atoms with Gasteiger partial charge in [-0.3, -0.25) is 14.5 Å². The van der Waals surface area contributed by atoms with Crippen LogP contribution in [0.15, 0.2) is 36.7 Å². The summed E-state index contributed by atoms with van der Waals surface area (Å²) >= 11 is 5.98. The Hall–Kier alpha value is -2.87. The molecule has 4 amide bonds. The molecule has 2 aromatic rings. The van der Waals surface area contributed by atoms with Gasteiger partial charge < -0.3 is 15.2 Å². The maximum Gasteiger partial charge on any atom is 0.325 e. The van der Waals surface area contributed by atoms with Gasteiger partial charge in [0.25, 0.3) is 5.91 Å². The number of carbonyl (C=O) groups excluding carboxylic acids is 3. The van der Waals surface area contributed by atoms with Gasteiger partial charge in [0.05, 0.1) is 0 Å².